The summed E-state index contributed by atoms with van der Waals surface area (Å²) < 4.78 is 5.48. The molecule has 0 unspecified atom stereocenters. The zero-order chi connectivity index (χ0) is 23.6. The van der Waals surface area contributed by atoms with Crippen LogP contribution in [0.2, 0.25) is 0 Å². The molecule has 0 aromatic carbocycles. The van der Waals surface area contributed by atoms with Gasteiger partial charge in [0.2, 0.25) is 0 Å². The standard InChI is InChI=1S/C28H34N4O2S/c33-28(30-22-3-1-2-4-22)32-11-9-20(10-12-32)24-6-7-26-25(24)17-21(18-29-26)27-8-5-23(35-27)19-31-13-15-34-16-14-31/h5-6,8-9,17-18,22H,1-4,7,10-16,19H2,(H,30,33). The Balaban J connectivity index is 1.13. The Hall–Kier alpha value is -2.48. The summed E-state index contributed by atoms with van der Waals surface area (Å²) in [5, 5.41) is 3.23. The lowest BCUT2D eigenvalue weighted by atomic mass is 9.95. The second kappa shape index (κ2) is 10.2. The summed E-state index contributed by atoms with van der Waals surface area (Å²) in [6.07, 6.45) is 13.1. The monoisotopic (exact) mass is 490 g/mol. The molecule has 4 aliphatic rings. The summed E-state index contributed by atoms with van der Waals surface area (Å²) >= 11 is 1.87. The van der Waals surface area contributed by atoms with Gasteiger partial charge in [-0.2, -0.15) is 0 Å². The molecule has 6 rings (SSSR count). The molecule has 1 saturated heterocycles. The Morgan fingerprint density at radius 1 is 1.14 bits per heavy atom. The van der Waals surface area contributed by atoms with E-state index in [-0.39, 0.29) is 6.03 Å². The summed E-state index contributed by atoms with van der Waals surface area (Å²) in [5.74, 6) is 0. The number of allylic oxidation sites excluding steroid dienone is 2. The molecule has 4 heterocycles. The maximum atomic E-state index is 12.7. The van der Waals surface area contributed by atoms with E-state index in [0.717, 1.165) is 70.8 Å². The maximum absolute atomic E-state index is 12.7. The van der Waals surface area contributed by atoms with Crippen molar-refractivity contribution < 1.29 is 9.53 Å². The van der Waals surface area contributed by atoms with Crippen molar-refractivity contribution in [3.05, 3.63) is 58.3 Å². The summed E-state index contributed by atoms with van der Waals surface area (Å²) in [5.41, 5.74) is 6.29. The molecule has 0 spiro atoms. The van der Waals surface area contributed by atoms with Gasteiger partial charge in [-0.15, -0.1) is 11.3 Å². The third kappa shape index (κ3) is 5.08. The van der Waals surface area contributed by atoms with Gasteiger partial charge >= 0.3 is 6.03 Å². The van der Waals surface area contributed by atoms with E-state index in [0.29, 0.717) is 12.6 Å². The molecular weight excluding hydrogens is 456 g/mol. The minimum atomic E-state index is 0.0996. The number of rotatable bonds is 5. The van der Waals surface area contributed by atoms with Gasteiger partial charge in [-0.25, -0.2) is 4.79 Å². The van der Waals surface area contributed by atoms with Crippen LogP contribution in [0.4, 0.5) is 4.79 Å². The van der Waals surface area contributed by atoms with Crippen molar-refractivity contribution in [2.75, 3.05) is 39.4 Å². The molecule has 1 saturated carbocycles. The van der Waals surface area contributed by atoms with Crippen LogP contribution in [0.3, 0.4) is 0 Å². The van der Waals surface area contributed by atoms with Gasteiger partial charge in [0, 0.05) is 72.3 Å². The normalized spacial score (nSPS) is 21.1. The second-order valence-electron chi connectivity index (χ2n) is 10.1. The third-order valence-corrected chi connectivity index (χ3v) is 8.83. The molecule has 0 bridgehead atoms. The van der Waals surface area contributed by atoms with Crippen molar-refractivity contribution in [1.29, 1.82) is 0 Å². The molecule has 184 valence electrons. The minimum absolute atomic E-state index is 0.0996. The van der Waals surface area contributed by atoms with Crippen LogP contribution in [0.5, 0.6) is 0 Å². The number of thiophene rings is 1. The van der Waals surface area contributed by atoms with E-state index in [1.807, 2.05) is 22.4 Å². The van der Waals surface area contributed by atoms with E-state index in [4.69, 9.17) is 9.72 Å². The SMILES string of the molecule is O=C(NC1CCCC1)N1CC=C(C2=CCc3ncc(-c4ccc(CN5CCOCC5)s4)cc32)CC1. The number of morpholine rings is 1. The number of aromatic nitrogens is 1. The Bertz CT molecular complexity index is 1140. The second-order valence-corrected chi connectivity index (χ2v) is 11.2. The molecule has 2 aliphatic carbocycles. The molecule has 0 radical (unpaired) electrons. The number of fused-ring (bicyclic) bond motifs is 1. The number of nitrogens with zero attached hydrogens (tertiary/aromatic N) is 3. The van der Waals surface area contributed by atoms with E-state index in [2.05, 4.69) is 40.6 Å². The Morgan fingerprint density at radius 3 is 2.80 bits per heavy atom. The van der Waals surface area contributed by atoms with Crippen LogP contribution in [-0.2, 0) is 17.7 Å². The molecule has 0 atom stereocenters. The van der Waals surface area contributed by atoms with Crippen LogP contribution in [0.1, 0.15) is 48.2 Å². The zero-order valence-electron chi connectivity index (χ0n) is 20.3. The Morgan fingerprint density at radius 2 is 2.00 bits per heavy atom. The topological polar surface area (TPSA) is 57.7 Å². The third-order valence-electron chi connectivity index (χ3n) is 7.71. The van der Waals surface area contributed by atoms with Gasteiger partial charge in [0.1, 0.15) is 0 Å². The molecule has 2 aliphatic heterocycles. The van der Waals surface area contributed by atoms with Crippen LogP contribution in [-0.4, -0.2) is 66.2 Å². The number of hydrogen-bond donors (Lipinski definition) is 1. The van der Waals surface area contributed by atoms with Gasteiger partial charge in [0.15, 0.2) is 0 Å². The lowest BCUT2D eigenvalue weighted by molar-refractivity contribution is 0.0346. The number of amides is 2. The molecule has 7 heteroatoms. The van der Waals surface area contributed by atoms with Gasteiger partial charge in [-0.05, 0) is 48.6 Å². The number of carbonyl (C=O) groups is 1. The minimum Gasteiger partial charge on any atom is -0.379 e. The lowest BCUT2D eigenvalue weighted by Crippen LogP contribution is -2.45. The first kappa shape index (κ1) is 23.0. The molecular formula is C28H34N4O2S. The van der Waals surface area contributed by atoms with Crippen LogP contribution < -0.4 is 5.32 Å². The first-order valence-electron chi connectivity index (χ1n) is 13.1. The summed E-state index contributed by atoms with van der Waals surface area (Å²) in [4.78, 5) is 24.6. The van der Waals surface area contributed by atoms with Crippen LogP contribution in [0.15, 0.2) is 42.1 Å². The fourth-order valence-corrected chi connectivity index (χ4v) is 6.70. The van der Waals surface area contributed by atoms with Gasteiger partial charge in [0.05, 0.1) is 18.9 Å². The van der Waals surface area contributed by atoms with Crippen LogP contribution in [0.25, 0.3) is 16.0 Å². The maximum Gasteiger partial charge on any atom is 0.317 e. The number of carbonyl (C=O) groups excluding carboxylic acids is 1. The van der Waals surface area contributed by atoms with Gasteiger partial charge in [-0.3, -0.25) is 9.88 Å². The van der Waals surface area contributed by atoms with Crippen molar-refractivity contribution in [2.24, 2.45) is 0 Å². The highest BCUT2D eigenvalue weighted by Gasteiger charge is 2.26. The van der Waals surface area contributed by atoms with Gasteiger partial charge in [-0.1, -0.05) is 25.0 Å². The van der Waals surface area contributed by atoms with E-state index in [9.17, 15) is 4.79 Å². The van der Waals surface area contributed by atoms with Crippen molar-refractivity contribution in [3.8, 4) is 10.4 Å². The number of pyridine rings is 1. The highest BCUT2D eigenvalue weighted by molar-refractivity contribution is 7.15. The number of nitrogens with one attached hydrogen (secondary N) is 1. The number of urea groups is 1. The lowest BCUT2D eigenvalue weighted by Gasteiger charge is -2.28. The fourth-order valence-electron chi connectivity index (χ4n) is 5.67. The van der Waals surface area contributed by atoms with Crippen molar-refractivity contribution in [3.63, 3.8) is 0 Å². The molecule has 1 N–H and O–H groups in total. The molecule has 2 aromatic rings. The highest BCUT2D eigenvalue weighted by Crippen LogP contribution is 2.38. The van der Waals surface area contributed by atoms with E-state index >= 15 is 0 Å². The van der Waals surface area contributed by atoms with Crippen molar-refractivity contribution in [1.82, 2.24) is 20.1 Å². The van der Waals surface area contributed by atoms with Crippen molar-refractivity contribution in [2.45, 2.75) is 51.1 Å². The summed E-state index contributed by atoms with van der Waals surface area (Å²) in [7, 11) is 0. The van der Waals surface area contributed by atoms with E-state index in [1.54, 1.807) is 0 Å². The zero-order valence-corrected chi connectivity index (χ0v) is 21.1. The molecule has 6 nitrogen and oxygen atoms in total. The average molecular weight is 491 g/mol. The van der Waals surface area contributed by atoms with Gasteiger partial charge < -0.3 is 15.0 Å². The number of ether oxygens (including phenoxy) is 1. The molecule has 35 heavy (non-hydrogen) atoms. The molecule has 2 aromatic heterocycles. The average Bonchev–Trinajstić information content (AvgIpc) is 3.66. The van der Waals surface area contributed by atoms with E-state index < -0.39 is 0 Å². The Kier molecular flexibility index (Phi) is 6.72. The quantitative estimate of drug-likeness (QED) is 0.650. The first-order valence-corrected chi connectivity index (χ1v) is 13.9. The number of hydrogen-bond acceptors (Lipinski definition) is 5. The fraction of sp³-hybridized carbons (Fsp3) is 0.500. The van der Waals surface area contributed by atoms with Crippen LogP contribution in [0, 0.1) is 0 Å². The summed E-state index contributed by atoms with van der Waals surface area (Å²) in [6.45, 7) is 6.15. The van der Waals surface area contributed by atoms with Crippen LogP contribution >= 0.6 is 11.3 Å². The largest absolute Gasteiger partial charge is 0.379 e. The summed E-state index contributed by atoms with van der Waals surface area (Å²) in [6, 6.07) is 7.29. The predicted octanol–water partition coefficient (Wildman–Crippen LogP) is 4.87. The van der Waals surface area contributed by atoms with E-state index in [1.165, 1.54) is 44.9 Å². The Labute approximate surface area is 211 Å². The molecule has 2 amide bonds. The molecule has 2 fully saturated rings. The highest BCUT2D eigenvalue weighted by atomic mass is 32.1. The first-order chi connectivity index (χ1) is 17.2. The van der Waals surface area contributed by atoms with Crippen molar-refractivity contribution >= 4 is 22.9 Å². The predicted molar refractivity (Wildman–Crippen MR) is 140 cm³/mol. The smallest absolute Gasteiger partial charge is 0.317 e. The van der Waals surface area contributed by atoms with Gasteiger partial charge in [0.25, 0.3) is 0 Å².